The number of carbonyl (C=O) groups excluding carboxylic acids is 1. The van der Waals surface area contributed by atoms with Gasteiger partial charge in [-0.05, 0) is 0 Å². The van der Waals surface area contributed by atoms with Crippen LogP contribution < -0.4 is 0 Å². The van der Waals surface area contributed by atoms with Crippen molar-refractivity contribution in [3.63, 3.8) is 0 Å². The molecule has 4 heavy (non-hydrogen) atoms. The van der Waals surface area contributed by atoms with Crippen LogP contribution in [0.5, 0.6) is 0 Å². The van der Waals surface area contributed by atoms with E-state index in [1.165, 1.54) is 0 Å². The fraction of sp³-hybridized carbons (Fsp3) is 0.500. The van der Waals surface area contributed by atoms with Crippen molar-refractivity contribution in [1.82, 2.24) is 0 Å². The van der Waals surface area contributed by atoms with Crippen molar-refractivity contribution in [2.45, 2.75) is 6.92 Å². The second-order valence-corrected chi connectivity index (χ2v) is 3.29. The molecule has 0 rings (SSSR count). The molecule has 0 atom stereocenters. The van der Waals surface area contributed by atoms with Crippen LogP contribution in [0, 0.1) is 0 Å². The van der Waals surface area contributed by atoms with Gasteiger partial charge in [0.15, 0.2) is 0 Å². The molecule has 3 radical (unpaired) electrons. The minimum atomic E-state index is 0.306. The van der Waals surface area contributed by atoms with E-state index in [4.69, 9.17) is 0 Å². The Balaban J connectivity index is 2.80. The Morgan fingerprint density at radius 1 is 2.00 bits per heavy atom. The van der Waals surface area contributed by atoms with Gasteiger partial charge in [0.2, 0.25) is 0 Å². The normalized spacial score (nSPS) is 6.50. The predicted molar refractivity (Wildman–Crippen MR) is 16.4 cm³/mol. The van der Waals surface area contributed by atoms with Gasteiger partial charge in [-0.2, -0.15) is 0 Å². The van der Waals surface area contributed by atoms with Crippen LogP contribution in [-0.2, 0) is 4.79 Å². The Hall–Kier alpha value is 0.592. The van der Waals surface area contributed by atoms with Gasteiger partial charge in [0.25, 0.3) is 0 Å². The molecule has 0 aliphatic heterocycles. The van der Waals surface area contributed by atoms with Gasteiger partial charge >= 0.3 is 40.8 Å². The molecule has 0 fully saturated rings. The fourth-order valence-electron chi connectivity index (χ4n) is 0. The monoisotopic (exact) mass is 251 g/mol. The third kappa shape index (κ3) is 18.7. The van der Waals surface area contributed by atoms with Crippen LogP contribution in [0.15, 0.2) is 0 Å². The summed E-state index contributed by atoms with van der Waals surface area (Å²) in [6.07, 6.45) is 0. The van der Waals surface area contributed by atoms with Crippen LogP contribution in [-0.4, -0.2) is 29.1 Å². The molecule has 0 saturated carbocycles. The molecule has 0 bridgehead atoms. The quantitative estimate of drug-likeness (QED) is 0.540. The number of rotatable bonds is 0. The summed E-state index contributed by atoms with van der Waals surface area (Å²) < 4.78 is 0.306. The van der Waals surface area contributed by atoms with E-state index in [1.54, 1.807) is 6.92 Å². The summed E-state index contributed by atoms with van der Waals surface area (Å²) >= 11 is 0.710. The van der Waals surface area contributed by atoms with E-state index in [1.807, 2.05) is 0 Å². The zero-order valence-electron chi connectivity index (χ0n) is 2.41. The summed E-state index contributed by atoms with van der Waals surface area (Å²) in [7, 11) is 0. The number of hydrogen-bond acceptors (Lipinski definition) is 1. The number of carbonyl (C=O) groups is 1. The van der Waals surface area contributed by atoms with Gasteiger partial charge in [0.1, 0.15) is 0 Å². The van der Waals surface area contributed by atoms with Crippen molar-refractivity contribution in [2.24, 2.45) is 0 Å². The van der Waals surface area contributed by atoms with Gasteiger partial charge in [-0.3, -0.25) is 0 Å². The maximum absolute atomic E-state index is 9.51. The summed E-state index contributed by atoms with van der Waals surface area (Å²) in [5.74, 6) is 0. The molecule has 0 aromatic carbocycles. The second kappa shape index (κ2) is 1.87. The second-order valence-electron chi connectivity index (χ2n) is 0.556. The molecule has 0 aromatic rings. The predicted octanol–water partition coefficient (Wildman–Crippen LogP) is -0.299. The molecule has 1 nitrogen and oxygen atoms in total. The van der Waals surface area contributed by atoms with E-state index in [0.717, 1.165) is 0 Å². The third-order valence-electron chi connectivity index (χ3n) is 0. The first-order chi connectivity index (χ1) is 1.73. The van der Waals surface area contributed by atoms with E-state index >= 15 is 0 Å². The molecule has 0 heterocycles. The van der Waals surface area contributed by atoms with Crippen molar-refractivity contribution in [3.8, 4) is 0 Å². The van der Waals surface area contributed by atoms with Gasteiger partial charge in [-0.15, -0.1) is 0 Å². The van der Waals surface area contributed by atoms with E-state index in [9.17, 15) is 4.79 Å². The molecule has 2 heteroatoms. The van der Waals surface area contributed by atoms with Crippen molar-refractivity contribution in [3.05, 3.63) is 0 Å². The molecule has 0 saturated heterocycles. The molecular weight excluding hydrogens is 247 g/mol. The molecule has 0 unspecified atom stereocenters. The Morgan fingerprint density at radius 2 is 2.00 bits per heavy atom. The molecule has 0 spiro atoms. The fourth-order valence-corrected chi connectivity index (χ4v) is 0. The number of hydrogen-bond donors (Lipinski definition) is 0. The Bertz CT molecular complexity index is 29.0. The first kappa shape index (κ1) is 4.59. The van der Waals surface area contributed by atoms with E-state index in [2.05, 4.69) is 0 Å². The van der Waals surface area contributed by atoms with Crippen LogP contribution in [0.4, 0.5) is 0 Å². The molecule has 21 valence electrons. The van der Waals surface area contributed by atoms with Crippen molar-refractivity contribution < 1.29 is 4.79 Å². The van der Waals surface area contributed by atoms with E-state index in [0.29, 0.717) is 29.1 Å². The first-order valence-corrected chi connectivity index (χ1v) is 2.90. The molecule has 0 N–H and O–H groups in total. The Kier molecular flexibility index (Phi) is 2.15. The standard InChI is InChI=1S/C2H3O.Pb/c1-2-3;/h1H3;. The SMILES string of the molecule is C[C](=O)[Pb]. The third-order valence-corrected chi connectivity index (χ3v) is 0. The summed E-state index contributed by atoms with van der Waals surface area (Å²) in [6, 6.07) is 0. The van der Waals surface area contributed by atoms with Crippen molar-refractivity contribution >= 4 is 29.1 Å². The van der Waals surface area contributed by atoms with Gasteiger partial charge in [0.05, 0.1) is 0 Å². The van der Waals surface area contributed by atoms with Crippen LogP contribution >= 0.6 is 0 Å². The Morgan fingerprint density at radius 3 is 2.00 bits per heavy atom. The summed E-state index contributed by atoms with van der Waals surface area (Å²) in [4.78, 5) is 9.51. The minimum absolute atomic E-state index is 0.306. The van der Waals surface area contributed by atoms with Gasteiger partial charge in [-0.1, -0.05) is 0 Å². The molecule has 0 amide bonds. The Labute approximate surface area is 41.1 Å². The molecule has 0 aromatic heterocycles. The maximum atomic E-state index is 9.51. The molecule has 0 aliphatic carbocycles. The average molecular weight is 250 g/mol. The topological polar surface area (TPSA) is 17.1 Å². The van der Waals surface area contributed by atoms with Crippen molar-refractivity contribution in [1.29, 1.82) is 0 Å². The zero-order chi connectivity index (χ0) is 3.58. The van der Waals surface area contributed by atoms with Crippen LogP contribution in [0.2, 0.25) is 0 Å². The van der Waals surface area contributed by atoms with E-state index in [-0.39, 0.29) is 0 Å². The van der Waals surface area contributed by atoms with Crippen LogP contribution in [0.25, 0.3) is 0 Å². The van der Waals surface area contributed by atoms with Gasteiger partial charge < -0.3 is 0 Å². The van der Waals surface area contributed by atoms with Gasteiger partial charge in [0, 0.05) is 0 Å². The summed E-state index contributed by atoms with van der Waals surface area (Å²) in [6.45, 7) is 1.59. The van der Waals surface area contributed by atoms with Crippen molar-refractivity contribution in [2.75, 3.05) is 0 Å². The molecule has 0 aliphatic rings. The van der Waals surface area contributed by atoms with Gasteiger partial charge in [-0.25, -0.2) is 0 Å². The first-order valence-electron chi connectivity index (χ1n) is 0.954. The van der Waals surface area contributed by atoms with Crippen LogP contribution in [0.3, 0.4) is 0 Å². The summed E-state index contributed by atoms with van der Waals surface area (Å²) in [5, 5.41) is 0. The van der Waals surface area contributed by atoms with E-state index < -0.39 is 0 Å². The van der Waals surface area contributed by atoms with Crippen LogP contribution in [0.1, 0.15) is 6.92 Å². The summed E-state index contributed by atoms with van der Waals surface area (Å²) in [5.41, 5.74) is 0. The average Bonchev–Trinajstić information content (AvgIpc) is 0.811. The zero-order valence-corrected chi connectivity index (χ0v) is 6.30. The molecular formula is C2H3OPb.